The SMILES string of the molecule is CO[C@]1(c2ccc(C(N)=O)s2)[C@@H]2CCC[C@H]1CN(CCN1CCNC1=O)C2. The van der Waals surface area contributed by atoms with Crippen LogP contribution in [0.3, 0.4) is 0 Å². The summed E-state index contributed by atoms with van der Waals surface area (Å²) in [5.41, 5.74) is 5.15. The second-order valence-electron chi connectivity index (χ2n) is 7.83. The summed E-state index contributed by atoms with van der Waals surface area (Å²) < 4.78 is 6.23. The van der Waals surface area contributed by atoms with Crippen molar-refractivity contribution in [2.24, 2.45) is 17.6 Å². The van der Waals surface area contributed by atoms with Gasteiger partial charge in [0.05, 0.1) is 4.88 Å². The number of urea groups is 1. The molecule has 1 aliphatic carbocycles. The number of hydrogen-bond donors (Lipinski definition) is 2. The van der Waals surface area contributed by atoms with Crippen molar-refractivity contribution in [3.8, 4) is 0 Å². The molecule has 3 fully saturated rings. The van der Waals surface area contributed by atoms with Crippen LogP contribution in [-0.2, 0) is 10.3 Å². The van der Waals surface area contributed by atoms with Crippen LogP contribution in [0.25, 0.3) is 0 Å². The Morgan fingerprint density at radius 1 is 1.33 bits per heavy atom. The van der Waals surface area contributed by atoms with Gasteiger partial charge in [-0.3, -0.25) is 4.79 Å². The second kappa shape index (κ2) is 7.41. The van der Waals surface area contributed by atoms with Gasteiger partial charge in [0, 0.05) is 63.1 Å². The number of piperidine rings is 1. The third-order valence-electron chi connectivity index (χ3n) is 6.48. The lowest BCUT2D eigenvalue weighted by Crippen LogP contribution is -2.59. The molecular weight excluding hydrogens is 364 g/mol. The van der Waals surface area contributed by atoms with E-state index in [9.17, 15) is 9.59 Å². The van der Waals surface area contributed by atoms with Gasteiger partial charge in [0.2, 0.25) is 0 Å². The number of methoxy groups -OCH3 is 1. The minimum atomic E-state index is -0.371. The first-order valence-corrected chi connectivity index (χ1v) is 10.6. The van der Waals surface area contributed by atoms with Crippen LogP contribution in [0.2, 0.25) is 0 Å². The van der Waals surface area contributed by atoms with Crippen LogP contribution >= 0.6 is 11.3 Å². The average molecular weight is 393 g/mol. The predicted molar refractivity (Wildman–Crippen MR) is 104 cm³/mol. The number of rotatable bonds is 6. The summed E-state index contributed by atoms with van der Waals surface area (Å²) >= 11 is 1.48. The number of amides is 3. The van der Waals surface area contributed by atoms with Gasteiger partial charge in [0.25, 0.3) is 5.91 Å². The standard InChI is InChI=1S/C19H28N4O3S/c1-26-19(16-6-5-15(27-16)17(20)24)13-3-2-4-14(19)12-22(11-13)9-10-23-8-7-21-18(23)25/h5-6,13-14H,2-4,7-12H2,1H3,(H2,20,24)(H,21,25)/t13-,14+,19-. The van der Waals surface area contributed by atoms with Crippen molar-refractivity contribution < 1.29 is 14.3 Å². The van der Waals surface area contributed by atoms with Crippen LogP contribution in [0, 0.1) is 11.8 Å². The molecule has 3 aliphatic rings. The van der Waals surface area contributed by atoms with E-state index < -0.39 is 0 Å². The Balaban J connectivity index is 1.51. The molecule has 3 N–H and O–H groups in total. The average Bonchev–Trinajstić information content (AvgIpc) is 3.28. The largest absolute Gasteiger partial charge is 0.372 e. The van der Waals surface area contributed by atoms with E-state index in [0.717, 1.165) is 57.0 Å². The van der Waals surface area contributed by atoms with E-state index in [2.05, 4.69) is 10.2 Å². The van der Waals surface area contributed by atoms with Crippen LogP contribution in [0.5, 0.6) is 0 Å². The number of hydrogen-bond acceptors (Lipinski definition) is 5. The van der Waals surface area contributed by atoms with Crippen LogP contribution in [0.1, 0.15) is 33.8 Å². The summed E-state index contributed by atoms with van der Waals surface area (Å²) in [5, 5.41) is 2.86. The van der Waals surface area contributed by atoms with Crippen molar-refractivity contribution in [3.63, 3.8) is 0 Å². The molecule has 2 bridgehead atoms. The number of ether oxygens (including phenoxy) is 1. The summed E-state index contributed by atoms with van der Waals surface area (Å²) in [6, 6.07) is 3.91. The summed E-state index contributed by atoms with van der Waals surface area (Å²) in [4.78, 5) is 29.5. The molecule has 3 atom stereocenters. The van der Waals surface area contributed by atoms with Crippen LogP contribution in [0.15, 0.2) is 12.1 Å². The number of primary amides is 1. The molecule has 0 unspecified atom stereocenters. The maximum atomic E-state index is 11.8. The zero-order valence-corrected chi connectivity index (χ0v) is 16.6. The van der Waals surface area contributed by atoms with Gasteiger partial charge >= 0.3 is 6.03 Å². The Kier molecular flexibility index (Phi) is 5.13. The van der Waals surface area contributed by atoms with Gasteiger partial charge in [-0.1, -0.05) is 6.42 Å². The number of thiophene rings is 1. The van der Waals surface area contributed by atoms with E-state index in [-0.39, 0.29) is 17.5 Å². The van der Waals surface area contributed by atoms with Crippen LogP contribution in [-0.4, -0.2) is 68.1 Å². The molecule has 3 heterocycles. The van der Waals surface area contributed by atoms with Gasteiger partial charge in [-0.15, -0.1) is 11.3 Å². The number of nitrogens with zero attached hydrogens (tertiary/aromatic N) is 2. The van der Waals surface area contributed by atoms with Gasteiger partial charge in [-0.25, -0.2) is 4.79 Å². The Morgan fingerprint density at radius 2 is 2.07 bits per heavy atom. The lowest BCUT2D eigenvalue weighted by molar-refractivity contribution is -0.166. The molecule has 3 amide bonds. The molecule has 148 valence electrons. The van der Waals surface area contributed by atoms with Crippen molar-refractivity contribution >= 4 is 23.3 Å². The van der Waals surface area contributed by atoms with Crippen LogP contribution < -0.4 is 11.1 Å². The van der Waals surface area contributed by atoms with Gasteiger partial charge in [-0.05, 0) is 25.0 Å². The number of fused-ring (bicyclic) bond motifs is 2. The highest BCUT2D eigenvalue weighted by molar-refractivity contribution is 7.14. The van der Waals surface area contributed by atoms with E-state index >= 15 is 0 Å². The van der Waals surface area contributed by atoms with E-state index in [1.807, 2.05) is 17.0 Å². The number of nitrogens with one attached hydrogen (secondary N) is 1. The molecule has 27 heavy (non-hydrogen) atoms. The van der Waals surface area contributed by atoms with E-state index in [4.69, 9.17) is 10.5 Å². The van der Waals surface area contributed by atoms with Gasteiger partial charge in [0.15, 0.2) is 0 Å². The number of carbonyl (C=O) groups excluding carboxylic acids is 2. The highest BCUT2D eigenvalue weighted by atomic mass is 32.1. The number of carbonyl (C=O) groups is 2. The Bertz CT molecular complexity index is 708. The van der Waals surface area contributed by atoms with Crippen molar-refractivity contribution in [1.29, 1.82) is 0 Å². The van der Waals surface area contributed by atoms with Crippen LogP contribution in [0.4, 0.5) is 4.79 Å². The number of nitrogens with two attached hydrogens (primary N) is 1. The molecule has 1 aromatic rings. The monoisotopic (exact) mass is 392 g/mol. The first-order valence-electron chi connectivity index (χ1n) is 9.75. The first-order chi connectivity index (χ1) is 13.0. The van der Waals surface area contributed by atoms with Crippen molar-refractivity contribution in [3.05, 3.63) is 21.9 Å². The number of likely N-dealkylation sites (tertiary alicyclic amines) is 1. The fourth-order valence-electron chi connectivity index (χ4n) is 5.21. The summed E-state index contributed by atoms with van der Waals surface area (Å²) in [7, 11) is 1.80. The van der Waals surface area contributed by atoms with E-state index in [1.54, 1.807) is 7.11 Å². The molecule has 2 aliphatic heterocycles. The maximum absolute atomic E-state index is 11.8. The third-order valence-corrected chi connectivity index (χ3v) is 7.71. The minimum absolute atomic E-state index is 0.0519. The smallest absolute Gasteiger partial charge is 0.317 e. The lowest BCUT2D eigenvalue weighted by atomic mass is 9.64. The zero-order valence-electron chi connectivity index (χ0n) is 15.8. The first kappa shape index (κ1) is 18.7. The quantitative estimate of drug-likeness (QED) is 0.767. The van der Waals surface area contributed by atoms with Gasteiger partial charge in [-0.2, -0.15) is 0 Å². The fraction of sp³-hybridized carbons (Fsp3) is 0.684. The highest BCUT2D eigenvalue weighted by Crippen LogP contribution is 2.53. The second-order valence-corrected chi connectivity index (χ2v) is 8.91. The van der Waals surface area contributed by atoms with Crippen molar-refractivity contribution in [2.45, 2.75) is 24.9 Å². The molecule has 2 saturated heterocycles. The molecule has 0 aromatic carbocycles. The van der Waals surface area contributed by atoms with Crippen molar-refractivity contribution in [2.75, 3.05) is 46.4 Å². The zero-order chi connectivity index (χ0) is 19.0. The molecule has 0 spiro atoms. The fourth-order valence-corrected chi connectivity index (χ4v) is 6.40. The normalized spacial score (nSPS) is 31.1. The highest BCUT2D eigenvalue weighted by Gasteiger charge is 2.53. The predicted octanol–water partition coefficient (Wildman–Crippen LogP) is 1.45. The van der Waals surface area contributed by atoms with Gasteiger partial charge in [0.1, 0.15) is 5.60 Å². The molecule has 7 nitrogen and oxygen atoms in total. The molecule has 1 aromatic heterocycles. The van der Waals surface area contributed by atoms with Gasteiger partial charge < -0.3 is 25.6 Å². The lowest BCUT2D eigenvalue weighted by Gasteiger charge is -2.55. The Morgan fingerprint density at radius 3 is 2.63 bits per heavy atom. The van der Waals surface area contributed by atoms with Crippen molar-refractivity contribution in [1.82, 2.24) is 15.1 Å². The maximum Gasteiger partial charge on any atom is 0.317 e. The molecule has 1 saturated carbocycles. The minimum Gasteiger partial charge on any atom is -0.372 e. The van der Waals surface area contributed by atoms with E-state index in [1.165, 1.54) is 17.8 Å². The van der Waals surface area contributed by atoms with E-state index in [0.29, 0.717) is 16.7 Å². The summed E-state index contributed by atoms with van der Waals surface area (Å²) in [5.74, 6) is 0.410. The third kappa shape index (κ3) is 3.23. The molecule has 8 heteroatoms. The molecule has 0 radical (unpaired) electrons. The molecular formula is C19H28N4O3S. The Hall–Kier alpha value is -1.64. The molecule has 4 rings (SSSR count). The topological polar surface area (TPSA) is 87.9 Å². The Labute approximate surface area is 163 Å². The summed E-state index contributed by atoms with van der Waals surface area (Å²) in [6.45, 7) is 5.14. The summed E-state index contributed by atoms with van der Waals surface area (Å²) in [6.07, 6.45) is 3.46.